The summed E-state index contributed by atoms with van der Waals surface area (Å²) in [6.07, 6.45) is 0.857. The van der Waals surface area contributed by atoms with Crippen LogP contribution in [0.25, 0.3) is 0 Å². The van der Waals surface area contributed by atoms with Crippen LogP contribution in [0.2, 0.25) is 5.02 Å². The van der Waals surface area contributed by atoms with Gasteiger partial charge in [0.2, 0.25) is 0 Å². The highest BCUT2D eigenvalue weighted by atomic mass is 35.5. The van der Waals surface area contributed by atoms with E-state index in [0.717, 1.165) is 6.42 Å². The third-order valence-electron chi connectivity index (χ3n) is 3.85. The molecule has 0 aliphatic carbocycles. The number of carbonyl (C=O) groups is 1. The van der Waals surface area contributed by atoms with Crippen molar-refractivity contribution in [1.29, 1.82) is 0 Å². The first-order chi connectivity index (χ1) is 12.7. The zero-order chi connectivity index (χ0) is 20.0. The van der Waals surface area contributed by atoms with Gasteiger partial charge in [-0.1, -0.05) is 25.4 Å². The van der Waals surface area contributed by atoms with E-state index in [0.29, 0.717) is 23.8 Å². The number of amides is 1. The Morgan fingerprint density at radius 1 is 1.15 bits per heavy atom. The van der Waals surface area contributed by atoms with Crippen LogP contribution in [0.1, 0.15) is 30.6 Å². The van der Waals surface area contributed by atoms with Crippen molar-refractivity contribution in [2.45, 2.75) is 25.2 Å². The Bertz CT molecular complexity index is 896. The normalized spacial score (nSPS) is 11.3. The van der Waals surface area contributed by atoms with E-state index in [2.05, 4.69) is 23.9 Å². The van der Waals surface area contributed by atoms with Gasteiger partial charge in [-0.25, -0.2) is 8.42 Å². The van der Waals surface area contributed by atoms with E-state index in [1.54, 1.807) is 18.2 Å². The van der Waals surface area contributed by atoms with Crippen LogP contribution in [0.4, 0.5) is 5.69 Å². The van der Waals surface area contributed by atoms with Gasteiger partial charge in [0.05, 0.1) is 22.7 Å². The van der Waals surface area contributed by atoms with Crippen molar-refractivity contribution < 1.29 is 17.9 Å². The molecule has 0 aliphatic rings. The molecule has 0 saturated carbocycles. The molecule has 0 bridgehead atoms. The lowest BCUT2D eigenvalue weighted by atomic mass is 10.1. The molecular weight excluding hydrogens is 388 g/mol. The molecule has 0 aromatic heterocycles. The fraction of sp³-hybridized carbons (Fsp3) is 0.316. The maximum absolute atomic E-state index is 12.6. The molecule has 6 nitrogen and oxygen atoms in total. The molecule has 2 aromatic rings. The Balaban J connectivity index is 2.18. The molecule has 0 atom stereocenters. The van der Waals surface area contributed by atoms with Crippen LogP contribution in [-0.2, 0) is 10.0 Å². The first-order valence-corrected chi connectivity index (χ1v) is 10.3. The first-order valence-electron chi connectivity index (χ1n) is 8.47. The Morgan fingerprint density at radius 2 is 1.81 bits per heavy atom. The summed E-state index contributed by atoms with van der Waals surface area (Å²) in [6.45, 7) is 4.69. The summed E-state index contributed by atoms with van der Waals surface area (Å²) < 4.78 is 32.6. The molecule has 2 aromatic carbocycles. The molecule has 0 fully saturated rings. The van der Waals surface area contributed by atoms with Crippen LogP contribution in [0.3, 0.4) is 0 Å². The third-order valence-corrected chi connectivity index (χ3v) is 5.56. The number of halogens is 1. The lowest BCUT2D eigenvalue weighted by molar-refractivity contribution is 0.0952. The maximum atomic E-state index is 12.6. The van der Waals surface area contributed by atoms with Gasteiger partial charge in [-0.15, -0.1) is 0 Å². The smallest absolute Gasteiger partial charge is 0.261 e. The van der Waals surface area contributed by atoms with E-state index in [4.69, 9.17) is 16.3 Å². The molecule has 146 valence electrons. The second-order valence-electron chi connectivity index (χ2n) is 6.41. The van der Waals surface area contributed by atoms with E-state index in [9.17, 15) is 13.2 Å². The fourth-order valence-corrected chi connectivity index (χ4v) is 3.57. The second kappa shape index (κ2) is 9.10. The predicted molar refractivity (Wildman–Crippen MR) is 107 cm³/mol. The van der Waals surface area contributed by atoms with Gasteiger partial charge in [0, 0.05) is 12.1 Å². The van der Waals surface area contributed by atoms with Crippen molar-refractivity contribution in [2.24, 2.45) is 5.92 Å². The van der Waals surface area contributed by atoms with E-state index in [1.807, 2.05) is 0 Å². The molecule has 2 N–H and O–H groups in total. The van der Waals surface area contributed by atoms with Crippen molar-refractivity contribution in [1.82, 2.24) is 5.32 Å². The highest BCUT2D eigenvalue weighted by Crippen LogP contribution is 2.26. The standard InChI is InChI=1S/C19H23ClN2O4S/c1-13(2)10-11-21-19(23)14-4-9-17(20)18(12-14)22-27(24,25)16-7-5-15(26-3)6-8-16/h4-9,12-13,22H,10-11H2,1-3H3,(H,21,23). The molecule has 0 saturated heterocycles. The van der Waals surface area contributed by atoms with E-state index in [-0.39, 0.29) is 21.5 Å². The number of ether oxygens (including phenoxy) is 1. The molecular formula is C19H23ClN2O4S. The number of nitrogens with one attached hydrogen (secondary N) is 2. The van der Waals surface area contributed by atoms with Crippen LogP contribution < -0.4 is 14.8 Å². The van der Waals surface area contributed by atoms with Crippen LogP contribution in [0, 0.1) is 5.92 Å². The zero-order valence-corrected chi connectivity index (χ0v) is 17.0. The van der Waals surface area contributed by atoms with Crippen LogP contribution in [-0.4, -0.2) is 28.0 Å². The van der Waals surface area contributed by atoms with Gasteiger partial charge in [0.15, 0.2) is 0 Å². The topological polar surface area (TPSA) is 84.5 Å². The van der Waals surface area contributed by atoms with Gasteiger partial charge in [-0.3, -0.25) is 9.52 Å². The molecule has 27 heavy (non-hydrogen) atoms. The minimum Gasteiger partial charge on any atom is -0.497 e. The summed E-state index contributed by atoms with van der Waals surface area (Å²) in [5.74, 6) is 0.742. The minimum absolute atomic E-state index is 0.0613. The van der Waals surface area contributed by atoms with Gasteiger partial charge < -0.3 is 10.1 Å². The highest BCUT2D eigenvalue weighted by molar-refractivity contribution is 7.92. The van der Waals surface area contributed by atoms with Crippen molar-refractivity contribution in [3.63, 3.8) is 0 Å². The van der Waals surface area contributed by atoms with Gasteiger partial charge in [-0.05, 0) is 54.8 Å². The highest BCUT2D eigenvalue weighted by Gasteiger charge is 2.17. The molecule has 0 heterocycles. The van der Waals surface area contributed by atoms with E-state index < -0.39 is 10.0 Å². The predicted octanol–water partition coefficient (Wildman–Crippen LogP) is 3.93. The molecule has 2 rings (SSSR count). The van der Waals surface area contributed by atoms with E-state index >= 15 is 0 Å². The monoisotopic (exact) mass is 410 g/mol. The molecule has 0 unspecified atom stereocenters. The minimum atomic E-state index is -3.85. The molecule has 8 heteroatoms. The molecule has 0 radical (unpaired) electrons. The zero-order valence-electron chi connectivity index (χ0n) is 15.5. The Morgan fingerprint density at radius 3 is 2.41 bits per heavy atom. The van der Waals surface area contributed by atoms with Gasteiger partial charge >= 0.3 is 0 Å². The maximum Gasteiger partial charge on any atom is 0.261 e. The summed E-state index contributed by atoms with van der Waals surface area (Å²) in [6, 6.07) is 10.4. The number of rotatable bonds is 8. The van der Waals surface area contributed by atoms with Crippen LogP contribution >= 0.6 is 11.6 Å². The van der Waals surface area contributed by atoms with Crippen LogP contribution in [0.5, 0.6) is 5.75 Å². The van der Waals surface area contributed by atoms with Gasteiger partial charge in [0.25, 0.3) is 15.9 Å². The summed E-state index contributed by atoms with van der Waals surface area (Å²) in [5.41, 5.74) is 0.472. The second-order valence-corrected chi connectivity index (χ2v) is 8.50. The molecule has 0 aliphatic heterocycles. The fourth-order valence-electron chi connectivity index (χ4n) is 2.28. The Labute approximate surface area is 164 Å². The van der Waals surface area contributed by atoms with Crippen molar-refractivity contribution >= 4 is 33.2 Å². The lowest BCUT2D eigenvalue weighted by Gasteiger charge is -2.12. The number of methoxy groups -OCH3 is 1. The Kier molecular flexibility index (Phi) is 7.10. The SMILES string of the molecule is COc1ccc(S(=O)(=O)Nc2cc(C(=O)NCCC(C)C)ccc2Cl)cc1. The number of anilines is 1. The molecule has 1 amide bonds. The van der Waals surface area contributed by atoms with Crippen molar-refractivity contribution in [2.75, 3.05) is 18.4 Å². The van der Waals surface area contributed by atoms with Crippen molar-refractivity contribution in [3.05, 3.63) is 53.1 Å². The average Bonchev–Trinajstić information content (AvgIpc) is 2.63. The number of hydrogen-bond acceptors (Lipinski definition) is 4. The summed E-state index contributed by atoms with van der Waals surface area (Å²) in [7, 11) is -2.35. The number of hydrogen-bond donors (Lipinski definition) is 2. The van der Waals surface area contributed by atoms with Gasteiger partial charge in [0.1, 0.15) is 5.75 Å². The van der Waals surface area contributed by atoms with Gasteiger partial charge in [-0.2, -0.15) is 0 Å². The summed E-state index contributed by atoms with van der Waals surface area (Å²) in [5, 5.41) is 3.01. The van der Waals surface area contributed by atoms with Crippen molar-refractivity contribution in [3.8, 4) is 5.75 Å². The average molecular weight is 411 g/mol. The Hall–Kier alpha value is -2.25. The number of carbonyl (C=O) groups excluding carboxylic acids is 1. The largest absolute Gasteiger partial charge is 0.497 e. The summed E-state index contributed by atoms with van der Waals surface area (Å²) in [4.78, 5) is 12.3. The van der Waals surface area contributed by atoms with E-state index in [1.165, 1.54) is 31.4 Å². The number of benzene rings is 2. The van der Waals surface area contributed by atoms with Crippen LogP contribution in [0.15, 0.2) is 47.4 Å². The third kappa shape index (κ3) is 5.87. The molecule has 0 spiro atoms. The summed E-state index contributed by atoms with van der Waals surface area (Å²) >= 11 is 6.11. The lowest BCUT2D eigenvalue weighted by Crippen LogP contribution is -2.25. The number of sulfonamides is 1. The first kappa shape index (κ1) is 21.1. The quantitative estimate of drug-likeness (QED) is 0.690.